The molecule has 0 fully saturated rings. The van der Waals surface area contributed by atoms with Gasteiger partial charge >= 0.3 is 0 Å². The highest BCUT2D eigenvalue weighted by Gasteiger charge is 2.22. The number of pyridine rings is 1. The molecule has 150 valence electrons. The van der Waals surface area contributed by atoms with Crippen molar-refractivity contribution in [3.63, 3.8) is 0 Å². The molecule has 0 bridgehead atoms. The Morgan fingerprint density at radius 2 is 1.86 bits per heavy atom. The maximum atomic E-state index is 12.4. The Morgan fingerprint density at radius 3 is 2.52 bits per heavy atom. The molecule has 2 amide bonds. The fourth-order valence-corrected chi connectivity index (χ4v) is 3.15. The first kappa shape index (κ1) is 20.6. The Kier molecular flexibility index (Phi) is 6.34. The third kappa shape index (κ3) is 4.84. The molecule has 7 heteroatoms. The maximum absolute atomic E-state index is 12.4. The highest BCUT2D eigenvalue weighted by Crippen LogP contribution is 2.30. The van der Waals surface area contributed by atoms with Crippen molar-refractivity contribution < 1.29 is 14.3 Å². The van der Waals surface area contributed by atoms with Gasteiger partial charge in [-0.15, -0.1) is 0 Å². The van der Waals surface area contributed by atoms with E-state index in [-0.39, 0.29) is 11.8 Å². The van der Waals surface area contributed by atoms with Gasteiger partial charge in [0.25, 0.3) is 5.91 Å². The zero-order chi connectivity index (χ0) is 21.0. The van der Waals surface area contributed by atoms with E-state index in [4.69, 9.17) is 22.1 Å². The van der Waals surface area contributed by atoms with E-state index < -0.39 is 11.9 Å². The summed E-state index contributed by atoms with van der Waals surface area (Å²) in [7, 11) is 0. The van der Waals surface area contributed by atoms with Crippen molar-refractivity contribution in [2.24, 2.45) is 11.7 Å². The minimum atomic E-state index is -0.712. The number of halogens is 1. The first-order chi connectivity index (χ1) is 13.9. The predicted octanol–water partition coefficient (Wildman–Crippen LogP) is 3.71. The Bertz CT molecular complexity index is 1040. The van der Waals surface area contributed by atoms with Crippen molar-refractivity contribution in [3.05, 3.63) is 70.9 Å². The minimum absolute atomic E-state index is 0.0908. The predicted molar refractivity (Wildman–Crippen MR) is 113 cm³/mol. The van der Waals surface area contributed by atoms with Crippen LogP contribution in [0.15, 0.2) is 54.7 Å². The fourth-order valence-electron chi connectivity index (χ4n) is 2.93. The highest BCUT2D eigenvalue weighted by molar-refractivity contribution is 6.35. The first-order valence-corrected chi connectivity index (χ1v) is 9.59. The quantitative estimate of drug-likeness (QED) is 0.619. The number of benzene rings is 2. The lowest BCUT2D eigenvalue weighted by atomic mass is 10.0. The van der Waals surface area contributed by atoms with Crippen LogP contribution in [0.1, 0.15) is 29.8 Å². The largest absolute Gasteiger partial charge is 0.487 e. The van der Waals surface area contributed by atoms with Crippen LogP contribution in [0.5, 0.6) is 5.75 Å². The van der Waals surface area contributed by atoms with Gasteiger partial charge in [0.2, 0.25) is 5.91 Å². The number of nitrogens with two attached hydrogens (primary N) is 1. The second-order valence-corrected chi connectivity index (χ2v) is 7.44. The lowest BCUT2D eigenvalue weighted by Gasteiger charge is -2.19. The van der Waals surface area contributed by atoms with Crippen LogP contribution >= 0.6 is 11.6 Å². The van der Waals surface area contributed by atoms with Crippen molar-refractivity contribution in [3.8, 4) is 5.75 Å². The Morgan fingerprint density at radius 1 is 1.14 bits per heavy atom. The normalized spacial score (nSPS) is 12.0. The van der Waals surface area contributed by atoms with E-state index >= 15 is 0 Å². The summed E-state index contributed by atoms with van der Waals surface area (Å²) >= 11 is 6.21. The van der Waals surface area contributed by atoms with E-state index in [1.807, 2.05) is 26.0 Å². The molecule has 1 heterocycles. The maximum Gasteiger partial charge on any atom is 0.251 e. The number of carbonyl (C=O) groups excluding carboxylic acids is 2. The van der Waals surface area contributed by atoms with Crippen LogP contribution in [0.2, 0.25) is 5.02 Å². The Balaban J connectivity index is 1.68. The molecule has 1 atom stereocenters. The molecule has 0 spiro atoms. The number of fused-ring (bicyclic) bond motifs is 1. The SMILES string of the molecule is CC(C)C(NC(=O)c1ccc(COc2ccc(Cl)c3cccnc23)cc1)C(N)=O. The summed E-state index contributed by atoms with van der Waals surface area (Å²) in [5.41, 5.74) is 7.37. The van der Waals surface area contributed by atoms with Gasteiger partial charge in [-0.3, -0.25) is 14.6 Å². The third-order valence-electron chi connectivity index (χ3n) is 4.55. The summed E-state index contributed by atoms with van der Waals surface area (Å²) in [5, 5.41) is 4.11. The second kappa shape index (κ2) is 8.92. The van der Waals surface area contributed by atoms with E-state index in [2.05, 4.69) is 10.3 Å². The molecule has 6 nitrogen and oxygen atoms in total. The molecule has 2 aromatic carbocycles. The summed E-state index contributed by atoms with van der Waals surface area (Å²) in [6.07, 6.45) is 1.69. The zero-order valence-electron chi connectivity index (χ0n) is 16.2. The molecule has 0 aliphatic rings. The lowest BCUT2D eigenvalue weighted by Crippen LogP contribution is -2.47. The monoisotopic (exact) mass is 411 g/mol. The van der Waals surface area contributed by atoms with Gasteiger partial charge in [0.15, 0.2) is 0 Å². The Hall–Kier alpha value is -3.12. The lowest BCUT2D eigenvalue weighted by molar-refractivity contribution is -0.120. The van der Waals surface area contributed by atoms with E-state index in [0.29, 0.717) is 28.5 Å². The zero-order valence-corrected chi connectivity index (χ0v) is 16.9. The van der Waals surface area contributed by atoms with Crippen LogP contribution in [-0.2, 0) is 11.4 Å². The van der Waals surface area contributed by atoms with E-state index in [0.717, 1.165) is 10.9 Å². The van der Waals surface area contributed by atoms with Gasteiger partial charge in [0, 0.05) is 17.1 Å². The van der Waals surface area contributed by atoms with Crippen LogP contribution in [-0.4, -0.2) is 22.8 Å². The number of rotatable bonds is 7. The number of hydrogen-bond acceptors (Lipinski definition) is 4. The first-order valence-electron chi connectivity index (χ1n) is 9.22. The van der Waals surface area contributed by atoms with E-state index in [9.17, 15) is 9.59 Å². The molecule has 3 aromatic rings. The van der Waals surface area contributed by atoms with Crippen molar-refractivity contribution in [2.45, 2.75) is 26.5 Å². The molecule has 0 aliphatic carbocycles. The van der Waals surface area contributed by atoms with Crippen LogP contribution in [0.25, 0.3) is 10.9 Å². The molecule has 1 unspecified atom stereocenters. The molecule has 29 heavy (non-hydrogen) atoms. The van der Waals surface area contributed by atoms with Crippen LogP contribution in [0, 0.1) is 5.92 Å². The number of primary amides is 1. The average molecular weight is 412 g/mol. The van der Waals surface area contributed by atoms with Crippen LogP contribution in [0.3, 0.4) is 0 Å². The number of carbonyl (C=O) groups is 2. The standard InChI is InChI=1S/C22H22ClN3O3/c1-13(2)19(21(24)27)26-22(28)15-7-5-14(6-8-15)12-29-18-10-9-17(23)16-4-3-11-25-20(16)18/h3-11,13,19H,12H2,1-2H3,(H2,24,27)(H,26,28). The average Bonchev–Trinajstić information content (AvgIpc) is 2.71. The van der Waals surface area contributed by atoms with Gasteiger partial charge in [-0.2, -0.15) is 0 Å². The number of nitrogens with zero attached hydrogens (tertiary/aromatic N) is 1. The Labute approximate surface area is 174 Å². The molecule has 3 rings (SSSR count). The molecular formula is C22H22ClN3O3. The number of ether oxygens (including phenoxy) is 1. The third-order valence-corrected chi connectivity index (χ3v) is 4.88. The van der Waals surface area contributed by atoms with Crippen LogP contribution < -0.4 is 15.8 Å². The number of nitrogens with one attached hydrogen (secondary N) is 1. The molecule has 0 saturated heterocycles. The summed E-state index contributed by atoms with van der Waals surface area (Å²) in [6.45, 7) is 3.96. The van der Waals surface area contributed by atoms with Gasteiger partial charge in [-0.05, 0) is 47.9 Å². The highest BCUT2D eigenvalue weighted by atomic mass is 35.5. The van der Waals surface area contributed by atoms with E-state index in [1.54, 1.807) is 42.6 Å². The summed E-state index contributed by atoms with van der Waals surface area (Å²) in [6, 6.07) is 13.5. The topological polar surface area (TPSA) is 94.3 Å². The molecule has 0 aliphatic heterocycles. The van der Waals surface area contributed by atoms with Gasteiger partial charge in [-0.1, -0.05) is 37.6 Å². The smallest absolute Gasteiger partial charge is 0.251 e. The van der Waals surface area contributed by atoms with Gasteiger partial charge in [-0.25, -0.2) is 0 Å². The summed E-state index contributed by atoms with van der Waals surface area (Å²) in [4.78, 5) is 28.2. The van der Waals surface area contributed by atoms with Crippen molar-refractivity contribution in [2.75, 3.05) is 0 Å². The van der Waals surface area contributed by atoms with Crippen molar-refractivity contribution >= 4 is 34.3 Å². The number of amides is 2. The number of aromatic nitrogens is 1. The van der Waals surface area contributed by atoms with E-state index in [1.165, 1.54) is 0 Å². The van der Waals surface area contributed by atoms with Crippen molar-refractivity contribution in [1.82, 2.24) is 10.3 Å². The molecule has 0 saturated carbocycles. The van der Waals surface area contributed by atoms with Gasteiger partial charge in [0.1, 0.15) is 23.9 Å². The molecule has 3 N–H and O–H groups in total. The molecule has 0 radical (unpaired) electrons. The summed E-state index contributed by atoms with van der Waals surface area (Å²) < 4.78 is 5.91. The molecular weight excluding hydrogens is 390 g/mol. The fraction of sp³-hybridized carbons (Fsp3) is 0.227. The minimum Gasteiger partial charge on any atom is -0.487 e. The van der Waals surface area contributed by atoms with Crippen molar-refractivity contribution in [1.29, 1.82) is 0 Å². The second-order valence-electron chi connectivity index (χ2n) is 7.03. The van der Waals surface area contributed by atoms with Crippen LogP contribution in [0.4, 0.5) is 0 Å². The molecule has 1 aromatic heterocycles. The number of hydrogen-bond donors (Lipinski definition) is 2. The van der Waals surface area contributed by atoms with Gasteiger partial charge in [0.05, 0.1) is 5.02 Å². The summed E-state index contributed by atoms with van der Waals surface area (Å²) in [5.74, 6) is -0.356. The van der Waals surface area contributed by atoms with Gasteiger partial charge < -0.3 is 15.8 Å².